The van der Waals surface area contributed by atoms with E-state index in [-0.39, 0.29) is 11.8 Å². The molecule has 0 bridgehead atoms. The van der Waals surface area contributed by atoms with Crippen LogP contribution in [0.25, 0.3) is 16.3 Å². The minimum atomic E-state index is -0.475. The Kier molecular flexibility index (Phi) is 10.9. The van der Waals surface area contributed by atoms with Crippen molar-refractivity contribution >= 4 is 57.0 Å². The lowest BCUT2D eigenvalue weighted by Crippen LogP contribution is -2.13. The first-order chi connectivity index (χ1) is 22.1. The highest BCUT2D eigenvalue weighted by molar-refractivity contribution is 6.09. The van der Waals surface area contributed by atoms with Crippen molar-refractivity contribution in [3.63, 3.8) is 0 Å². The predicted octanol–water partition coefficient (Wildman–Crippen LogP) is 8.44. The molecule has 0 spiro atoms. The first-order valence-corrected chi connectivity index (χ1v) is 14.5. The molecule has 5 rings (SSSR count). The first kappa shape index (κ1) is 33.0. The number of nitrogens with zero attached hydrogens (tertiary/aromatic N) is 3. The molecule has 0 saturated carbocycles. The molecule has 1 aromatic heterocycles. The number of ketones is 1. The Labute approximate surface area is 268 Å². The standard InChI is InChI=1S/C35H29N3O3.C3H6O2/c1-23(2)33-22-36-35(32-13-9-8-12-31(32)33)38(29-18-14-26(15-19-29)24(3)37-41-25(4)39)30-20-16-28(17-21-30)34(40)27-10-6-5-7-11-27;1-3(4)5-2/h5-22H,1H2,2-4H3;1-2H3/b37-24-;. The molecule has 1 heterocycles. The third-order valence-electron chi connectivity index (χ3n) is 7.01. The van der Waals surface area contributed by atoms with E-state index in [2.05, 4.69) is 33.5 Å². The fourth-order valence-corrected chi connectivity index (χ4v) is 4.64. The summed E-state index contributed by atoms with van der Waals surface area (Å²) in [4.78, 5) is 45.6. The van der Waals surface area contributed by atoms with Gasteiger partial charge in [0.1, 0.15) is 5.82 Å². The summed E-state index contributed by atoms with van der Waals surface area (Å²) in [7, 11) is 1.35. The van der Waals surface area contributed by atoms with E-state index < -0.39 is 5.97 Å². The van der Waals surface area contributed by atoms with Crippen LogP contribution in [0.4, 0.5) is 17.2 Å². The van der Waals surface area contributed by atoms with Crippen molar-refractivity contribution in [1.29, 1.82) is 0 Å². The Morgan fingerprint density at radius 2 is 1.17 bits per heavy atom. The molecular formula is C38H35N3O5. The van der Waals surface area contributed by atoms with Crippen LogP contribution in [-0.4, -0.2) is 35.5 Å². The van der Waals surface area contributed by atoms with Crippen molar-refractivity contribution in [3.05, 3.63) is 138 Å². The Morgan fingerprint density at radius 1 is 0.674 bits per heavy atom. The van der Waals surface area contributed by atoms with Crippen LogP contribution in [-0.2, 0) is 19.2 Å². The van der Waals surface area contributed by atoms with Crippen molar-refractivity contribution < 1.29 is 24.0 Å². The van der Waals surface area contributed by atoms with Gasteiger partial charge in [0.05, 0.1) is 12.8 Å². The molecular weight excluding hydrogens is 578 g/mol. The van der Waals surface area contributed by atoms with Gasteiger partial charge in [-0.3, -0.25) is 14.5 Å². The summed E-state index contributed by atoms with van der Waals surface area (Å²) < 4.78 is 4.11. The van der Waals surface area contributed by atoms with Crippen molar-refractivity contribution in [2.24, 2.45) is 5.16 Å². The molecule has 46 heavy (non-hydrogen) atoms. The van der Waals surface area contributed by atoms with E-state index in [1.807, 2.05) is 104 Å². The number of carbonyl (C=O) groups excluding carboxylic acids is 3. The van der Waals surface area contributed by atoms with Gasteiger partial charge in [0, 0.05) is 53.5 Å². The van der Waals surface area contributed by atoms with Crippen LogP contribution in [0.1, 0.15) is 54.7 Å². The van der Waals surface area contributed by atoms with E-state index in [0.717, 1.165) is 44.7 Å². The fraction of sp³-hybridized carbons (Fsp3) is 0.132. The summed E-state index contributed by atoms with van der Waals surface area (Å²) in [5, 5.41) is 5.92. The Hall–Kier alpha value is -5.89. The lowest BCUT2D eigenvalue weighted by Gasteiger charge is -2.26. The number of methoxy groups -OCH3 is 1. The fourth-order valence-electron chi connectivity index (χ4n) is 4.64. The Bertz CT molecular complexity index is 1900. The second-order valence-electron chi connectivity index (χ2n) is 10.4. The number of allylic oxidation sites excluding steroid dienone is 1. The van der Waals surface area contributed by atoms with Crippen LogP contribution in [0, 0.1) is 0 Å². The first-order valence-electron chi connectivity index (χ1n) is 14.5. The number of oxime groups is 1. The highest BCUT2D eigenvalue weighted by Crippen LogP contribution is 2.39. The predicted molar refractivity (Wildman–Crippen MR) is 183 cm³/mol. The number of pyridine rings is 1. The molecule has 8 nitrogen and oxygen atoms in total. The molecule has 0 aliphatic heterocycles. The molecule has 4 aromatic carbocycles. The number of esters is 1. The number of ether oxygens (including phenoxy) is 1. The van der Waals surface area contributed by atoms with Gasteiger partial charge in [0.25, 0.3) is 0 Å². The van der Waals surface area contributed by atoms with Crippen LogP contribution >= 0.6 is 0 Å². The number of carbonyl (C=O) groups is 3. The van der Waals surface area contributed by atoms with E-state index in [1.54, 1.807) is 6.92 Å². The SMILES string of the molecule is C=C(C)c1cnc(N(c2ccc(C(=O)c3ccccc3)cc2)c2ccc(/C(C)=N\OC(C)=O)cc2)c2ccccc12.COC(C)=O. The van der Waals surface area contributed by atoms with Crippen molar-refractivity contribution in [2.45, 2.75) is 27.7 Å². The zero-order valence-corrected chi connectivity index (χ0v) is 26.5. The maximum atomic E-state index is 13.1. The highest BCUT2D eigenvalue weighted by Gasteiger charge is 2.19. The highest BCUT2D eigenvalue weighted by atomic mass is 16.7. The average molecular weight is 614 g/mol. The third kappa shape index (κ3) is 7.98. The largest absolute Gasteiger partial charge is 0.469 e. The van der Waals surface area contributed by atoms with Crippen molar-refractivity contribution in [2.75, 3.05) is 12.0 Å². The van der Waals surface area contributed by atoms with Gasteiger partial charge in [0.15, 0.2) is 5.78 Å². The molecule has 0 radical (unpaired) electrons. The summed E-state index contributed by atoms with van der Waals surface area (Å²) in [5.74, 6) is -0.0155. The van der Waals surface area contributed by atoms with E-state index in [9.17, 15) is 14.4 Å². The smallest absolute Gasteiger partial charge is 0.331 e. The number of aromatic nitrogens is 1. The van der Waals surface area contributed by atoms with E-state index in [0.29, 0.717) is 16.8 Å². The monoisotopic (exact) mass is 613 g/mol. The quantitative estimate of drug-likeness (QED) is 0.0569. The second kappa shape index (κ2) is 15.2. The number of fused-ring (bicyclic) bond motifs is 1. The van der Waals surface area contributed by atoms with Crippen molar-refractivity contribution in [3.8, 4) is 0 Å². The molecule has 0 atom stereocenters. The summed E-state index contributed by atoms with van der Waals surface area (Å²) in [6.07, 6.45) is 1.85. The number of rotatable bonds is 8. The third-order valence-corrected chi connectivity index (χ3v) is 7.01. The molecule has 0 unspecified atom stereocenters. The molecule has 0 aliphatic carbocycles. The maximum Gasteiger partial charge on any atom is 0.331 e. The normalized spacial score (nSPS) is 10.8. The van der Waals surface area contributed by atoms with Gasteiger partial charge < -0.3 is 9.57 Å². The van der Waals surface area contributed by atoms with E-state index in [4.69, 9.17) is 9.82 Å². The zero-order chi connectivity index (χ0) is 33.2. The van der Waals surface area contributed by atoms with E-state index >= 15 is 0 Å². The zero-order valence-electron chi connectivity index (χ0n) is 26.5. The van der Waals surface area contributed by atoms with Gasteiger partial charge in [-0.2, -0.15) is 0 Å². The van der Waals surface area contributed by atoms with Crippen molar-refractivity contribution in [1.82, 2.24) is 4.98 Å². The van der Waals surface area contributed by atoms with Gasteiger partial charge in [0.2, 0.25) is 0 Å². The summed E-state index contributed by atoms with van der Waals surface area (Å²) in [6.45, 7) is 10.6. The lowest BCUT2D eigenvalue weighted by atomic mass is 10.0. The summed E-state index contributed by atoms with van der Waals surface area (Å²) >= 11 is 0. The van der Waals surface area contributed by atoms with Crippen LogP contribution in [0.3, 0.4) is 0 Å². The van der Waals surface area contributed by atoms with Crippen LogP contribution in [0.5, 0.6) is 0 Å². The molecule has 0 fully saturated rings. The molecule has 0 saturated heterocycles. The summed E-state index contributed by atoms with van der Waals surface area (Å²) in [5.41, 5.74) is 6.25. The molecule has 0 N–H and O–H groups in total. The lowest BCUT2D eigenvalue weighted by molar-refractivity contribution is -0.141. The minimum absolute atomic E-state index is 0.0371. The molecule has 0 amide bonds. The molecule has 5 aromatic rings. The minimum Gasteiger partial charge on any atom is -0.469 e. The van der Waals surface area contributed by atoms with Gasteiger partial charge >= 0.3 is 11.9 Å². The molecule has 0 aliphatic rings. The van der Waals surface area contributed by atoms with Gasteiger partial charge in [-0.1, -0.05) is 78.5 Å². The number of benzene rings is 4. The van der Waals surface area contributed by atoms with Gasteiger partial charge in [-0.05, 0) is 66.8 Å². The number of hydrogen-bond donors (Lipinski definition) is 0. The molecule has 8 heteroatoms. The average Bonchev–Trinajstić information content (AvgIpc) is 3.08. The van der Waals surface area contributed by atoms with Crippen LogP contribution in [0.15, 0.2) is 121 Å². The number of hydrogen-bond acceptors (Lipinski definition) is 8. The summed E-state index contributed by atoms with van der Waals surface area (Å²) in [6, 6.07) is 32.7. The van der Waals surface area contributed by atoms with E-state index in [1.165, 1.54) is 21.0 Å². The second-order valence-corrected chi connectivity index (χ2v) is 10.4. The van der Waals surface area contributed by atoms with Crippen LogP contribution in [0.2, 0.25) is 0 Å². The number of anilines is 3. The Morgan fingerprint density at radius 3 is 1.70 bits per heavy atom. The molecule has 232 valence electrons. The maximum absolute atomic E-state index is 13.1. The topological polar surface area (TPSA) is 98.2 Å². The van der Waals surface area contributed by atoms with Gasteiger partial charge in [-0.15, -0.1) is 0 Å². The van der Waals surface area contributed by atoms with Crippen LogP contribution < -0.4 is 4.90 Å². The van der Waals surface area contributed by atoms with Gasteiger partial charge in [-0.25, -0.2) is 9.78 Å². The Balaban J connectivity index is 0.000000892.